The van der Waals surface area contributed by atoms with Gasteiger partial charge >= 0.3 is 0 Å². The molecule has 2 rings (SSSR count). The summed E-state index contributed by atoms with van der Waals surface area (Å²) >= 11 is 6.37. The third-order valence-electron chi connectivity index (χ3n) is 6.16. The fraction of sp³-hybridized carbons (Fsp3) is 0.481. The maximum atomic E-state index is 13.5. The van der Waals surface area contributed by atoms with E-state index in [0.717, 1.165) is 23.8 Å². The molecule has 2 atom stereocenters. The first-order chi connectivity index (χ1) is 17.0. The molecule has 0 saturated carbocycles. The monoisotopic (exact) mass is 535 g/mol. The predicted octanol–water partition coefficient (Wildman–Crippen LogP) is 4.92. The van der Waals surface area contributed by atoms with Gasteiger partial charge in [-0.1, -0.05) is 61.3 Å². The number of sulfonamides is 1. The van der Waals surface area contributed by atoms with Gasteiger partial charge in [0.05, 0.1) is 11.9 Å². The average Bonchev–Trinajstić information content (AvgIpc) is 2.82. The zero-order valence-electron chi connectivity index (χ0n) is 21.8. The molecule has 0 fully saturated rings. The minimum Gasteiger partial charge on any atom is -0.352 e. The molecule has 2 aromatic rings. The second-order valence-electron chi connectivity index (χ2n) is 9.13. The first-order valence-electron chi connectivity index (χ1n) is 12.4. The lowest BCUT2D eigenvalue weighted by Crippen LogP contribution is -2.50. The molecule has 0 aliphatic heterocycles. The highest BCUT2D eigenvalue weighted by atomic mass is 35.5. The Balaban J connectivity index is 2.23. The van der Waals surface area contributed by atoms with E-state index < -0.39 is 16.1 Å². The number of carbonyl (C=O) groups is 2. The number of amides is 2. The van der Waals surface area contributed by atoms with Crippen LogP contribution in [0.1, 0.15) is 57.6 Å². The number of aryl methyl sites for hydroxylation is 1. The van der Waals surface area contributed by atoms with Crippen LogP contribution in [0.25, 0.3) is 0 Å². The van der Waals surface area contributed by atoms with Gasteiger partial charge in [0.15, 0.2) is 0 Å². The standard InChI is InChI=1S/C27H38ClN3O4S/c1-6-21(4)29-27(33)25(7-2)30(19-22-11-8-9-12-24(22)28)26(32)13-10-18-31(36(5,34)35)23-16-14-20(3)15-17-23/h8-9,11-12,14-17,21,25H,6-7,10,13,18-19H2,1-5H3,(H,29,33)/t21-,25+/m0/s1. The Morgan fingerprint density at radius 3 is 2.22 bits per heavy atom. The number of hydrogen-bond acceptors (Lipinski definition) is 4. The summed E-state index contributed by atoms with van der Waals surface area (Å²) in [6.45, 7) is 8.07. The quantitative estimate of drug-likeness (QED) is 0.394. The van der Waals surface area contributed by atoms with Gasteiger partial charge in [-0.2, -0.15) is 0 Å². The van der Waals surface area contributed by atoms with Gasteiger partial charge in [-0.05, 0) is 56.9 Å². The summed E-state index contributed by atoms with van der Waals surface area (Å²) in [6, 6.07) is 13.8. The van der Waals surface area contributed by atoms with Crippen molar-refractivity contribution >= 4 is 39.1 Å². The summed E-state index contributed by atoms with van der Waals surface area (Å²) in [6.07, 6.45) is 2.78. The summed E-state index contributed by atoms with van der Waals surface area (Å²) in [7, 11) is -3.53. The summed E-state index contributed by atoms with van der Waals surface area (Å²) in [5, 5.41) is 3.51. The summed E-state index contributed by atoms with van der Waals surface area (Å²) in [5.74, 6) is -0.428. The number of nitrogens with zero attached hydrogens (tertiary/aromatic N) is 2. The second kappa shape index (κ2) is 13.7. The lowest BCUT2D eigenvalue weighted by molar-refractivity contribution is -0.141. The van der Waals surface area contributed by atoms with Gasteiger partial charge in [0.25, 0.3) is 0 Å². The van der Waals surface area contributed by atoms with Gasteiger partial charge in [-0.3, -0.25) is 13.9 Å². The molecule has 1 N–H and O–H groups in total. The molecule has 0 aromatic heterocycles. The largest absolute Gasteiger partial charge is 0.352 e. The summed E-state index contributed by atoms with van der Waals surface area (Å²) < 4.78 is 26.2. The van der Waals surface area contributed by atoms with E-state index in [-0.39, 0.29) is 37.4 Å². The van der Waals surface area contributed by atoms with E-state index in [9.17, 15) is 18.0 Å². The molecule has 2 aromatic carbocycles. The maximum Gasteiger partial charge on any atom is 0.243 e. The van der Waals surface area contributed by atoms with E-state index in [1.807, 2.05) is 58.0 Å². The first kappa shape index (κ1) is 29.6. The van der Waals surface area contributed by atoms with Crippen molar-refractivity contribution in [2.24, 2.45) is 0 Å². The van der Waals surface area contributed by atoms with Crippen LogP contribution in [0, 0.1) is 6.92 Å². The van der Waals surface area contributed by atoms with Gasteiger partial charge < -0.3 is 10.2 Å². The van der Waals surface area contributed by atoms with Crippen molar-refractivity contribution in [2.45, 2.75) is 72.0 Å². The molecule has 0 bridgehead atoms. The van der Waals surface area contributed by atoms with Gasteiger partial charge in [0.2, 0.25) is 21.8 Å². The van der Waals surface area contributed by atoms with Crippen molar-refractivity contribution in [3.63, 3.8) is 0 Å². The zero-order chi connectivity index (χ0) is 26.9. The van der Waals surface area contributed by atoms with Gasteiger partial charge in [0, 0.05) is 30.6 Å². The molecule has 198 valence electrons. The Labute approximate surface area is 220 Å². The Kier molecular flexibility index (Phi) is 11.2. The Bertz CT molecular complexity index is 1120. The second-order valence-corrected chi connectivity index (χ2v) is 11.4. The van der Waals surface area contributed by atoms with E-state index in [1.165, 1.54) is 4.31 Å². The topological polar surface area (TPSA) is 86.8 Å². The predicted molar refractivity (Wildman–Crippen MR) is 147 cm³/mol. The molecule has 9 heteroatoms. The first-order valence-corrected chi connectivity index (χ1v) is 14.6. The molecular formula is C27H38ClN3O4S. The van der Waals surface area contributed by atoms with Crippen LogP contribution in [0.4, 0.5) is 5.69 Å². The van der Waals surface area contributed by atoms with Gasteiger partial charge in [0.1, 0.15) is 6.04 Å². The smallest absolute Gasteiger partial charge is 0.243 e. The number of rotatable bonds is 13. The lowest BCUT2D eigenvalue weighted by Gasteiger charge is -2.32. The molecule has 0 aliphatic rings. The third-order valence-corrected chi connectivity index (χ3v) is 7.72. The van der Waals surface area contributed by atoms with Gasteiger partial charge in [-0.15, -0.1) is 0 Å². The molecule has 0 aliphatic carbocycles. The van der Waals surface area contributed by atoms with E-state index in [4.69, 9.17) is 11.6 Å². The van der Waals surface area contributed by atoms with Gasteiger partial charge in [-0.25, -0.2) is 8.42 Å². The summed E-state index contributed by atoms with van der Waals surface area (Å²) in [5.41, 5.74) is 2.33. The van der Waals surface area contributed by atoms with Crippen LogP contribution in [0.2, 0.25) is 5.02 Å². The SMILES string of the molecule is CC[C@H](C(=O)N[C@@H](C)CC)N(Cc1ccccc1Cl)C(=O)CCCN(c1ccc(C)cc1)S(C)(=O)=O. The molecular weight excluding hydrogens is 498 g/mol. The Morgan fingerprint density at radius 2 is 1.67 bits per heavy atom. The maximum absolute atomic E-state index is 13.5. The van der Waals surface area contributed by atoms with E-state index in [1.54, 1.807) is 23.1 Å². The molecule has 0 unspecified atom stereocenters. The molecule has 7 nitrogen and oxygen atoms in total. The molecule has 0 spiro atoms. The number of halogens is 1. The molecule has 0 radical (unpaired) electrons. The number of carbonyl (C=O) groups excluding carboxylic acids is 2. The number of anilines is 1. The van der Waals surface area contributed by atoms with Crippen LogP contribution in [-0.2, 0) is 26.2 Å². The van der Waals surface area contributed by atoms with E-state index in [0.29, 0.717) is 23.6 Å². The number of hydrogen-bond donors (Lipinski definition) is 1. The molecule has 2 amide bonds. The molecule has 36 heavy (non-hydrogen) atoms. The third kappa shape index (κ3) is 8.52. The van der Waals surface area contributed by atoms with Crippen LogP contribution in [0.5, 0.6) is 0 Å². The Hall–Kier alpha value is -2.58. The normalized spacial score (nSPS) is 13.1. The zero-order valence-corrected chi connectivity index (χ0v) is 23.4. The summed E-state index contributed by atoms with van der Waals surface area (Å²) in [4.78, 5) is 28.1. The fourth-order valence-electron chi connectivity index (χ4n) is 3.89. The van der Waals surface area contributed by atoms with Crippen LogP contribution >= 0.6 is 11.6 Å². The van der Waals surface area contributed by atoms with Crippen LogP contribution in [0.3, 0.4) is 0 Å². The highest BCUT2D eigenvalue weighted by molar-refractivity contribution is 7.92. The minimum atomic E-state index is -3.53. The van der Waals surface area contributed by atoms with E-state index >= 15 is 0 Å². The average molecular weight is 536 g/mol. The highest BCUT2D eigenvalue weighted by Crippen LogP contribution is 2.22. The van der Waals surface area contributed by atoms with Crippen LogP contribution in [0.15, 0.2) is 48.5 Å². The van der Waals surface area contributed by atoms with Crippen molar-refractivity contribution in [2.75, 3.05) is 17.1 Å². The number of benzene rings is 2. The lowest BCUT2D eigenvalue weighted by atomic mass is 10.1. The van der Waals surface area contributed by atoms with Crippen molar-refractivity contribution in [1.82, 2.24) is 10.2 Å². The molecule has 0 heterocycles. The number of nitrogens with one attached hydrogen (secondary N) is 1. The van der Waals surface area contributed by atoms with Crippen molar-refractivity contribution in [3.05, 3.63) is 64.7 Å². The highest BCUT2D eigenvalue weighted by Gasteiger charge is 2.29. The fourth-order valence-corrected chi connectivity index (χ4v) is 5.05. The Morgan fingerprint density at radius 1 is 1.03 bits per heavy atom. The minimum absolute atomic E-state index is 0.0124. The van der Waals surface area contributed by atoms with Crippen LogP contribution in [-0.4, -0.2) is 50.0 Å². The van der Waals surface area contributed by atoms with Crippen molar-refractivity contribution < 1.29 is 18.0 Å². The van der Waals surface area contributed by atoms with E-state index in [2.05, 4.69) is 5.32 Å². The van der Waals surface area contributed by atoms with Crippen molar-refractivity contribution in [3.8, 4) is 0 Å². The molecule has 0 saturated heterocycles. The van der Waals surface area contributed by atoms with Crippen molar-refractivity contribution in [1.29, 1.82) is 0 Å². The van der Waals surface area contributed by atoms with Crippen LogP contribution < -0.4 is 9.62 Å².